The molecule has 0 aliphatic heterocycles. The van der Waals surface area contributed by atoms with Gasteiger partial charge in [0.25, 0.3) is 0 Å². The number of nitrogens with one attached hydrogen (secondary N) is 1. The lowest BCUT2D eigenvalue weighted by atomic mass is 10.1. The fourth-order valence-corrected chi connectivity index (χ4v) is 2.36. The monoisotopic (exact) mass is 348 g/mol. The van der Waals surface area contributed by atoms with Crippen LogP contribution in [0.15, 0.2) is 28.8 Å². The molecular weight excluding hydrogens is 323 g/mol. The van der Waals surface area contributed by atoms with E-state index < -0.39 is 0 Å². The van der Waals surface area contributed by atoms with Gasteiger partial charge in [-0.25, -0.2) is 9.18 Å². The molecule has 0 aliphatic rings. The third-order valence-corrected chi connectivity index (χ3v) is 4.10. The number of aromatic nitrogens is 2. The Balaban J connectivity index is 1.78. The van der Waals surface area contributed by atoms with Gasteiger partial charge >= 0.3 is 6.03 Å². The smallest absolute Gasteiger partial charge is 0.317 e. The van der Waals surface area contributed by atoms with Crippen LogP contribution in [0.2, 0.25) is 0 Å². The SMILES string of the molecule is CC(C)c1noc(CCCNC(=O)N(C)[C@H](C)c2ccccc2F)n1. The van der Waals surface area contributed by atoms with E-state index in [2.05, 4.69) is 15.5 Å². The van der Waals surface area contributed by atoms with Crippen LogP contribution in [0, 0.1) is 5.82 Å². The predicted octanol–water partition coefficient (Wildman–Crippen LogP) is 3.67. The van der Waals surface area contributed by atoms with Crippen molar-refractivity contribution in [3.63, 3.8) is 0 Å². The number of carbonyl (C=O) groups is 1. The summed E-state index contributed by atoms with van der Waals surface area (Å²) in [5.41, 5.74) is 0.493. The highest BCUT2D eigenvalue weighted by Gasteiger charge is 2.19. The van der Waals surface area contributed by atoms with Crippen LogP contribution in [0.1, 0.15) is 56.4 Å². The van der Waals surface area contributed by atoms with E-state index in [1.54, 1.807) is 32.2 Å². The maximum absolute atomic E-state index is 13.8. The van der Waals surface area contributed by atoms with E-state index in [9.17, 15) is 9.18 Å². The van der Waals surface area contributed by atoms with Crippen molar-refractivity contribution in [3.8, 4) is 0 Å². The molecule has 0 radical (unpaired) electrons. The summed E-state index contributed by atoms with van der Waals surface area (Å²) in [5, 5.41) is 6.73. The van der Waals surface area contributed by atoms with Gasteiger partial charge in [0.2, 0.25) is 5.89 Å². The first-order chi connectivity index (χ1) is 11.9. The molecule has 1 heterocycles. The molecule has 1 N–H and O–H groups in total. The van der Waals surface area contributed by atoms with E-state index in [4.69, 9.17) is 4.52 Å². The molecule has 0 saturated heterocycles. The fourth-order valence-electron chi connectivity index (χ4n) is 2.36. The van der Waals surface area contributed by atoms with Gasteiger partial charge in [-0.05, 0) is 19.4 Å². The van der Waals surface area contributed by atoms with Crippen molar-refractivity contribution >= 4 is 6.03 Å². The quantitative estimate of drug-likeness (QED) is 0.775. The number of urea groups is 1. The lowest BCUT2D eigenvalue weighted by Gasteiger charge is -2.25. The second-order valence-electron chi connectivity index (χ2n) is 6.34. The van der Waals surface area contributed by atoms with Gasteiger partial charge in [-0.1, -0.05) is 37.2 Å². The zero-order valence-electron chi connectivity index (χ0n) is 15.1. The van der Waals surface area contributed by atoms with Crippen LogP contribution in [0.5, 0.6) is 0 Å². The number of hydrogen-bond acceptors (Lipinski definition) is 4. The van der Waals surface area contributed by atoms with Crippen LogP contribution in [0.4, 0.5) is 9.18 Å². The number of nitrogens with zero attached hydrogens (tertiary/aromatic N) is 3. The summed E-state index contributed by atoms with van der Waals surface area (Å²) in [5.74, 6) is 1.18. The standard InChI is InChI=1S/C18H25FN4O2/c1-12(2)17-21-16(25-22-17)10-7-11-20-18(24)23(4)13(3)14-8-5-6-9-15(14)19/h5-6,8-9,12-13H,7,10-11H2,1-4H3,(H,20,24)/t13-/m1/s1. The highest BCUT2D eigenvalue weighted by Crippen LogP contribution is 2.21. The van der Waals surface area contributed by atoms with Crippen LogP contribution in [-0.2, 0) is 6.42 Å². The Morgan fingerprint density at radius 2 is 2.04 bits per heavy atom. The minimum atomic E-state index is -0.356. The van der Waals surface area contributed by atoms with Gasteiger partial charge in [-0.2, -0.15) is 4.98 Å². The molecule has 6 nitrogen and oxygen atoms in total. The Morgan fingerprint density at radius 3 is 2.68 bits per heavy atom. The zero-order valence-corrected chi connectivity index (χ0v) is 15.1. The molecule has 0 spiro atoms. The van der Waals surface area contributed by atoms with E-state index in [-0.39, 0.29) is 23.8 Å². The van der Waals surface area contributed by atoms with Crippen molar-refractivity contribution in [3.05, 3.63) is 47.4 Å². The van der Waals surface area contributed by atoms with E-state index >= 15 is 0 Å². The van der Waals surface area contributed by atoms with Gasteiger partial charge < -0.3 is 14.7 Å². The average molecular weight is 348 g/mol. The molecule has 0 fully saturated rings. The van der Waals surface area contributed by atoms with Crippen molar-refractivity contribution in [2.24, 2.45) is 0 Å². The van der Waals surface area contributed by atoms with E-state index in [1.165, 1.54) is 11.0 Å². The third kappa shape index (κ3) is 5.01. The summed E-state index contributed by atoms with van der Waals surface area (Å²) < 4.78 is 19.0. The maximum atomic E-state index is 13.8. The number of hydrogen-bond donors (Lipinski definition) is 1. The molecule has 1 atom stereocenters. The minimum Gasteiger partial charge on any atom is -0.339 e. The van der Waals surface area contributed by atoms with Gasteiger partial charge in [0.15, 0.2) is 5.82 Å². The summed E-state index contributed by atoms with van der Waals surface area (Å²) in [6, 6.07) is 5.87. The topological polar surface area (TPSA) is 71.3 Å². The van der Waals surface area contributed by atoms with Gasteiger partial charge in [0.05, 0.1) is 6.04 Å². The summed E-state index contributed by atoms with van der Waals surface area (Å²) in [6.07, 6.45) is 1.29. The predicted molar refractivity (Wildman–Crippen MR) is 92.7 cm³/mol. The molecule has 1 aromatic heterocycles. The van der Waals surface area contributed by atoms with Crippen LogP contribution < -0.4 is 5.32 Å². The van der Waals surface area contributed by atoms with Crippen molar-refractivity contribution in [2.45, 2.75) is 45.6 Å². The number of rotatable bonds is 7. The summed E-state index contributed by atoms with van der Waals surface area (Å²) in [4.78, 5) is 18.0. The zero-order chi connectivity index (χ0) is 18.4. The van der Waals surface area contributed by atoms with E-state index in [0.717, 1.165) is 0 Å². The highest BCUT2D eigenvalue weighted by molar-refractivity contribution is 5.74. The first-order valence-electron chi connectivity index (χ1n) is 8.47. The molecule has 2 rings (SSSR count). The second kappa shape index (κ2) is 8.60. The highest BCUT2D eigenvalue weighted by atomic mass is 19.1. The van der Waals surface area contributed by atoms with Crippen LogP contribution >= 0.6 is 0 Å². The molecule has 0 aliphatic carbocycles. The molecule has 136 valence electrons. The van der Waals surface area contributed by atoms with Crippen molar-refractivity contribution in [2.75, 3.05) is 13.6 Å². The van der Waals surface area contributed by atoms with Gasteiger partial charge in [-0.3, -0.25) is 0 Å². The summed E-state index contributed by atoms with van der Waals surface area (Å²) in [6.45, 7) is 6.28. The Hall–Kier alpha value is -2.44. The lowest BCUT2D eigenvalue weighted by Crippen LogP contribution is -2.39. The first kappa shape index (κ1) is 18.9. The maximum Gasteiger partial charge on any atom is 0.317 e. The van der Waals surface area contributed by atoms with Crippen LogP contribution in [0.3, 0.4) is 0 Å². The molecule has 2 amide bonds. The molecule has 25 heavy (non-hydrogen) atoms. The Kier molecular flexibility index (Phi) is 6.50. The van der Waals surface area contributed by atoms with Crippen LogP contribution in [0.25, 0.3) is 0 Å². The number of amides is 2. The van der Waals surface area contributed by atoms with Gasteiger partial charge in [-0.15, -0.1) is 0 Å². The normalized spacial score (nSPS) is 12.2. The Morgan fingerprint density at radius 1 is 1.32 bits per heavy atom. The summed E-state index contributed by atoms with van der Waals surface area (Å²) in [7, 11) is 1.65. The van der Waals surface area contributed by atoms with Gasteiger partial charge in [0.1, 0.15) is 5.82 Å². The van der Waals surface area contributed by atoms with Crippen molar-refractivity contribution in [1.29, 1.82) is 0 Å². The third-order valence-electron chi connectivity index (χ3n) is 4.10. The molecule has 7 heteroatoms. The van der Waals surface area contributed by atoms with Crippen molar-refractivity contribution < 1.29 is 13.7 Å². The van der Waals surface area contributed by atoms with Crippen LogP contribution in [-0.4, -0.2) is 34.7 Å². The Bertz CT molecular complexity index is 702. The molecule has 0 bridgehead atoms. The first-order valence-corrected chi connectivity index (χ1v) is 8.47. The number of carbonyl (C=O) groups excluding carboxylic acids is 1. The number of benzene rings is 1. The fraction of sp³-hybridized carbons (Fsp3) is 0.500. The average Bonchev–Trinajstić information content (AvgIpc) is 3.07. The Labute approximate surface area is 147 Å². The minimum absolute atomic E-state index is 0.228. The van der Waals surface area contributed by atoms with Gasteiger partial charge in [0, 0.05) is 31.5 Å². The number of aryl methyl sites for hydroxylation is 1. The van der Waals surface area contributed by atoms with E-state index in [1.807, 2.05) is 13.8 Å². The second-order valence-corrected chi connectivity index (χ2v) is 6.34. The molecule has 0 saturated carbocycles. The lowest BCUT2D eigenvalue weighted by molar-refractivity contribution is 0.193. The molecule has 1 aromatic carbocycles. The van der Waals surface area contributed by atoms with Crippen molar-refractivity contribution in [1.82, 2.24) is 20.4 Å². The molecule has 0 unspecified atom stereocenters. The summed E-state index contributed by atoms with van der Waals surface area (Å²) >= 11 is 0. The molecule has 2 aromatic rings. The largest absolute Gasteiger partial charge is 0.339 e. The molecular formula is C18H25FN4O2. The number of halogens is 1. The van der Waals surface area contributed by atoms with E-state index in [0.29, 0.717) is 36.7 Å².